The van der Waals surface area contributed by atoms with Crippen LogP contribution in [0.4, 0.5) is 0 Å². The molecule has 0 heterocycles. The Bertz CT molecular complexity index is 591. The third-order valence-corrected chi connectivity index (χ3v) is 3.10. The Morgan fingerprint density at radius 2 is 1.57 bits per heavy atom. The molecular formula is C18H19NO2. The zero-order valence-electron chi connectivity index (χ0n) is 12.2. The maximum Gasteiger partial charge on any atom is 0.163 e. The van der Waals surface area contributed by atoms with Crippen LogP contribution in [-0.4, -0.2) is 11.5 Å². The van der Waals surface area contributed by atoms with Crippen LogP contribution in [-0.2, 0) is 11.4 Å². The van der Waals surface area contributed by atoms with E-state index < -0.39 is 0 Å². The van der Waals surface area contributed by atoms with Crippen LogP contribution in [0.1, 0.15) is 35.7 Å². The van der Waals surface area contributed by atoms with Gasteiger partial charge < -0.3 is 4.84 Å². The van der Waals surface area contributed by atoms with Crippen LogP contribution in [0.15, 0.2) is 65.8 Å². The summed E-state index contributed by atoms with van der Waals surface area (Å²) in [5.41, 5.74) is 2.65. The number of benzene rings is 2. The molecule has 2 aromatic rings. The van der Waals surface area contributed by atoms with Crippen molar-refractivity contribution in [3.63, 3.8) is 0 Å². The molecule has 21 heavy (non-hydrogen) atoms. The molecule has 0 N–H and O–H groups in total. The van der Waals surface area contributed by atoms with Gasteiger partial charge in [-0.05, 0) is 18.9 Å². The molecule has 0 spiro atoms. The Hall–Kier alpha value is -2.42. The van der Waals surface area contributed by atoms with E-state index in [1.54, 1.807) is 0 Å². The lowest BCUT2D eigenvalue weighted by atomic mass is 10.1. The quantitative estimate of drug-likeness (QED) is 0.432. The number of hydrogen-bond acceptors (Lipinski definition) is 3. The Labute approximate surface area is 125 Å². The average Bonchev–Trinajstić information content (AvgIpc) is 2.54. The van der Waals surface area contributed by atoms with Gasteiger partial charge in [0.2, 0.25) is 0 Å². The molecule has 0 unspecified atom stereocenters. The van der Waals surface area contributed by atoms with Gasteiger partial charge in [-0.2, -0.15) is 0 Å². The largest absolute Gasteiger partial charge is 0.391 e. The zero-order chi connectivity index (χ0) is 14.9. The molecule has 0 aromatic heterocycles. The highest BCUT2D eigenvalue weighted by atomic mass is 16.6. The van der Waals surface area contributed by atoms with Crippen LogP contribution in [0, 0.1) is 0 Å². The second kappa shape index (κ2) is 8.00. The summed E-state index contributed by atoms with van der Waals surface area (Å²) in [5, 5.41) is 4.05. The normalized spacial score (nSPS) is 11.2. The Morgan fingerprint density at radius 3 is 2.24 bits per heavy atom. The molecule has 0 aliphatic carbocycles. The van der Waals surface area contributed by atoms with Gasteiger partial charge in [-0.1, -0.05) is 65.8 Å². The van der Waals surface area contributed by atoms with Crippen molar-refractivity contribution in [3.8, 4) is 0 Å². The molecule has 2 rings (SSSR count). The van der Waals surface area contributed by atoms with E-state index in [0.717, 1.165) is 16.8 Å². The molecule has 0 radical (unpaired) electrons. The lowest BCUT2D eigenvalue weighted by molar-refractivity contribution is 0.0983. The molecule has 0 saturated carbocycles. The fourth-order valence-corrected chi connectivity index (χ4v) is 1.90. The van der Waals surface area contributed by atoms with Crippen LogP contribution in [0.2, 0.25) is 0 Å². The monoisotopic (exact) mass is 281 g/mol. The van der Waals surface area contributed by atoms with Crippen molar-refractivity contribution < 1.29 is 9.63 Å². The lowest BCUT2D eigenvalue weighted by Crippen LogP contribution is -2.03. The Kier molecular flexibility index (Phi) is 5.71. The minimum atomic E-state index is 0.133. The van der Waals surface area contributed by atoms with E-state index in [-0.39, 0.29) is 5.78 Å². The number of carbonyl (C=O) groups is 1. The van der Waals surface area contributed by atoms with Crippen LogP contribution in [0.25, 0.3) is 0 Å². The molecule has 0 atom stereocenters. The van der Waals surface area contributed by atoms with Crippen LogP contribution in [0.5, 0.6) is 0 Å². The fourth-order valence-electron chi connectivity index (χ4n) is 1.90. The van der Waals surface area contributed by atoms with Gasteiger partial charge in [0.1, 0.15) is 6.61 Å². The lowest BCUT2D eigenvalue weighted by Gasteiger charge is -2.03. The molecule has 3 heteroatoms. The molecule has 2 aromatic carbocycles. The molecule has 0 bridgehead atoms. The number of rotatable bonds is 7. The smallest absolute Gasteiger partial charge is 0.163 e. The number of hydrogen-bond donors (Lipinski definition) is 0. The Morgan fingerprint density at radius 1 is 0.952 bits per heavy atom. The molecular weight excluding hydrogens is 262 g/mol. The fraction of sp³-hybridized carbons (Fsp3) is 0.222. The van der Waals surface area contributed by atoms with Crippen molar-refractivity contribution in [2.45, 2.75) is 26.4 Å². The summed E-state index contributed by atoms with van der Waals surface area (Å²) in [6.07, 6.45) is 1.07. The standard InChI is InChI=1S/C18H19NO2/c1-15(19-21-14-16-8-4-2-5-9-16)12-13-18(20)17-10-6-3-7-11-17/h2-11H,12-14H2,1H3. The predicted octanol–water partition coefficient (Wildman–Crippen LogP) is 4.24. The summed E-state index contributed by atoms with van der Waals surface area (Å²) in [6.45, 7) is 2.33. The van der Waals surface area contributed by atoms with E-state index in [9.17, 15) is 4.79 Å². The first-order valence-electron chi connectivity index (χ1n) is 7.03. The highest BCUT2D eigenvalue weighted by Gasteiger charge is 2.05. The Balaban J connectivity index is 1.75. The summed E-state index contributed by atoms with van der Waals surface area (Å²) in [7, 11) is 0. The molecule has 0 aliphatic rings. The maximum atomic E-state index is 11.9. The highest BCUT2D eigenvalue weighted by Crippen LogP contribution is 2.06. The van der Waals surface area contributed by atoms with Gasteiger partial charge in [0.05, 0.1) is 5.71 Å². The number of Topliss-reactive ketones (excluding diaryl/α,β-unsaturated/α-hetero) is 1. The first kappa shape index (κ1) is 15.0. The van der Waals surface area contributed by atoms with Crippen molar-refractivity contribution in [3.05, 3.63) is 71.8 Å². The van der Waals surface area contributed by atoms with Gasteiger partial charge in [0.25, 0.3) is 0 Å². The SMILES string of the molecule is CC(CCC(=O)c1ccccc1)=NOCc1ccccc1. The van der Waals surface area contributed by atoms with E-state index in [0.29, 0.717) is 19.4 Å². The number of nitrogens with zero attached hydrogens (tertiary/aromatic N) is 1. The maximum absolute atomic E-state index is 11.9. The number of ketones is 1. The molecule has 0 saturated heterocycles. The number of carbonyl (C=O) groups excluding carboxylic acids is 1. The summed E-state index contributed by atoms with van der Waals surface area (Å²) >= 11 is 0. The molecule has 0 amide bonds. The van der Waals surface area contributed by atoms with Crippen molar-refractivity contribution in [2.24, 2.45) is 5.16 Å². The van der Waals surface area contributed by atoms with E-state index in [1.165, 1.54) is 0 Å². The summed E-state index contributed by atoms with van der Waals surface area (Å²) < 4.78 is 0. The molecule has 0 aliphatic heterocycles. The summed E-state index contributed by atoms with van der Waals surface area (Å²) in [4.78, 5) is 17.2. The minimum Gasteiger partial charge on any atom is -0.391 e. The third-order valence-electron chi connectivity index (χ3n) is 3.10. The van der Waals surface area contributed by atoms with Gasteiger partial charge in [-0.15, -0.1) is 0 Å². The first-order chi connectivity index (χ1) is 10.3. The van der Waals surface area contributed by atoms with E-state index >= 15 is 0 Å². The minimum absolute atomic E-state index is 0.133. The summed E-state index contributed by atoms with van der Waals surface area (Å²) in [5.74, 6) is 0.133. The van der Waals surface area contributed by atoms with Crippen molar-refractivity contribution in [1.29, 1.82) is 0 Å². The van der Waals surface area contributed by atoms with Gasteiger partial charge in [-0.25, -0.2) is 0 Å². The van der Waals surface area contributed by atoms with Crippen molar-refractivity contribution in [2.75, 3.05) is 0 Å². The van der Waals surface area contributed by atoms with Gasteiger partial charge in [0, 0.05) is 12.0 Å². The van der Waals surface area contributed by atoms with E-state index in [2.05, 4.69) is 5.16 Å². The molecule has 108 valence electrons. The van der Waals surface area contributed by atoms with E-state index in [4.69, 9.17) is 4.84 Å². The van der Waals surface area contributed by atoms with Crippen LogP contribution >= 0.6 is 0 Å². The van der Waals surface area contributed by atoms with Gasteiger partial charge in [-0.3, -0.25) is 4.79 Å². The highest BCUT2D eigenvalue weighted by molar-refractivity contribution is 5.98. The van der Waals surface area contributed by atoms with Crippen molar-refractivity contribution in [1.82, 2.24) is 0 Å². The van der Waals surface area contributed by atoms with Gasteiger partial charge >= 0.3 is 0 Å². The second-order valence-corrected chi connectivity index (χ2v) is 4.87. The topological polar surface area (TPSA) is 38.7 Å². The second-order valence-electron chi connectivity index (χ2n) is 4.87. The predicted molar refractivity (Wildman–Crippen MR) is 84.3 cm³/mol. The number of oxime groups is 1. The zero-order valence-corrected chi connectivity index (χ0v) is 12.2. The van der Waals surface area contributed by atoms with Crippen molar-refractivity contribution >= 4 is 11.5 Å². The third kappa shape index (κ3) is 5.22. The first-order valence-corrected chi connectivity index (χ1v) is 7.03. The van der Waals surface area contributed by atoms with Crippen LogP contribution in [0.3, 0.4) is 0 Å². The van der Waals surface area contributed by atoms with Crippen LogP contribution < -0.4 is 0 Å². The van der Waals surface area contributed by atoms with E-state index in [1.807, 2.05) is 67.6 Å². The molecule has 3 nitrogen and oxygen atoms in total. The summed E-state index contributed by atoms with van der Waals surface area (Å²) in [6, 6.07) is 19.2. The van der Waals surface area contributed by atoms with Gasteiger partial charge in [0.15, 0.2) is 5.78 Å². The average molecular weight is 281 g/mol. The molecule has 0 fully saturated rings.